The Balaban J connectivity index is 1.64. The number of carbonyl (C=O) groups excluding carboxylic acids is 1. The summed E-state index contributed by atoms with van der Waals surface area (Å²) in [6.07, 6.45) is 3.16. The molecule has 1 aliphatic heterocycles. The van der Waals surface area contributed by atoms with E-state index in [0.717, 1.165) is 16.8 Å². The minimum atomic E-state index is -0.213. The van der Waals surface area contributed by atoms with Crippen LogP contribution in [0.4, 0.5) is 11.4 Å². The summed E-state index contributed by atoms with van der Waals surface area (Å²) in [4.78, 5) is 18.6. The molecule has 1 saturated heterocycles. The number of anilines is 2. The molecule has 2 aromatic heterocycles. The molecule has 9 heteroatoms. The summed E-state index contributed by atoms with van der Waals surface area (Å²) in [5.41, 5.74) is 4.51. The van der Waals surface area contributed by atoms with Crippen molar-refractivity contribution in [1.82, 2.24) is 15.2 Å². The molecule has 0 unspecified atom stereocenters. The van der Waals surface area contributed by atoms with E-state index in [1.54, 1.807) is 24.5 Å². The van der Waals surface area contributed by atoms with Gasteiger partial charge in [0.25, 0.3) is 11.8 Å². The fourth-order valence-electron chi connectivity index (χ4n) is 3.46. The number of aryl methyl sites for hydroxylation is 1. The van der Waals surface area contributed by atoms with E-state index in [4.69, 9.17) is 14.6 Å². The number of nitrogens with one attached hydrogen (secondary N) is 1. The van der Waals surface area contributed by atoms with Crippen molar-refractivity contribution >= 4 is 17.3 Å². The number of morpholine rings is 1. The smallest absolute Gasteiger partial charge is 0.257 e. The summed E-state index contributed by atoms with van der Waals surface area (Å²) in [5.74, 6) is 0.166. The number of aromatic nitrogens is 3. The average Bonchev–Trinajstić information content (AvgIpc) is 2.85. The van der Waals surface area contributed by atoms with Crippen molar-refractivity contribution in [3.8, 4) is 17.1 Å². The van der Waals surface area contributed by atoms with Crippen molar-refractivity contribution in [2.24, 2.45) is 0 Å². The number of benzene rings is 1. The molecular formula is C23H25N5O4. The van der Waals surface area contributed by atoms with Crippen molar-refractivity contribution in [2.75, 3.05) is 49.7 Å². The Morgan fingerprint density at radius 3 is 2.69 bits per heavy atom. The van der Waals surface area contributed by atoms with Crippen LogP contribution in [0.1, 0.15) is 15.9 Å². The fourth-order valence-corrected chi connectivity index (χ4v) is 3.46. The maximum atomic E-state index is 12.5. The first kappa shape index (κ1) is 21.7. The van der Waals surface area contributed by atoms with Gasteiger partial charge in [0.15, 0.2) is 0 Å². The molecule has 0 saturated carbocycles. The van der Waals surface area contributed by atoms with Gasteiger partial charge in [0.2, 0.25) is 0 Å². The predicted octanol–water partition coefficient (Wildman–Crippen LogP) is 2.31. The fraction of sp³-hybridized carbons (Fsp3) is 0.304. The average molecular weight is 435 g/mol. The number of nitrogens with zero attached hydrogens (tertiary/aromatic N) is 4. The predicted molar refractivity (Wildman–Crippen MR) is 120 cm³/mol. The number of carbonyl (C=O) groups is 1. The zero-order chi connectivity index (χ0) is 22.3. The normalized spacial score (nSPS) is 13.6. The molecule has 0 bridgehead atoms. The molecule has 2 N–H and O–H groups in total. The van der Waals surface area contributed by atoms with Crippen LogP contribution in [0.3, 0.4) is 0 Å². The molecule has 4 rings (SSSR count). The molecule has 166 valence electrons. The largest absolute Gasteiger partial charge is 0.473 e. The highest BCUT2D eigenvalue weighted by Gasteiger charge is 2.20. The van der Waals surface area contributed by atoms with Crippen molar-refractivity contribution < 1.29 is 19.4 Å². The first-order valence-electron chi connectivity index (χ1n) is 10.4. The molecule has 0 radical (unpaired) electrons. The Hall–Kier alpha value is -3.56. The number of hydrogen-bond donors (Lipinski definition) is 2. The quantitative estimate of drug-likeness (QED) is 0.582. The molecule has 32 heavy (non-hydrogen) atoms. The minimum Gasteiger partial charge on any atom is -0.473 e. The lowest BCUT2D eigenvalue weighted by atomic mass is 10.0. The molecular weight excluding hydrogens is 410 g/mol. The highest BCUT2D eigenvalue weighted by molar-refractivity contribution is 6.04. The summed E-state index contributed by atoms with van der Waals surface area (Å²) in [5, 5.41) is 20.7. The third-order valence-corrected chi connectivity index (χ3v) is 5.14. The monoisotopic (exact) mass is 435 g/mol. The Bertz CT molecular complexity index is 1070. The number of pyridine rings is 1. The van der Waals surface area contributed by atoms with E-state index in [1.165, 1.54) is 0 Å². The first-order valence-corrected chi connectivity index (χ1v) is 10.4. The van der Waals surface area contributed by atoms with Gasteiger partial charge in [0.05, 0.1) is 25.5 Å². The van der Waals surface area contributed by atoms with Crippen molar-refractivity contribution in [3.63, 3.8) is 0 Å². The van der Waals surface area contributed by atoms with Crippen molar-refractivity contribution in [3.05, 3.63) is 59.9 Å². The summed E-state index contributed by atoms with van der Waals surface area (Å²) < 4.78 is 11.1. The molecule has 9 nitrogen and oxygen atoms in total. The highest BCUT2D eigenvalue weighted by Crippen LogP contribution is 2.32. The van der Waals surface area contributed by atoms with Crippen LogP contribution in [0, 0.1) is 6.92 Å². The lowest BCUT2D eigenvalue weighted by Gasteiger charge is -2.29. The third-order valence-electron chi connectivity index (χ3n) is 5.14. The van der Waals surface area contributed by atoms with E-state index in [1.807, 2.05) is 31.2 Å². The van der Waals surface area contributed by atoms with Gasteiger partial charge >= 0.3 is 0 Å². The lowest BCUT2D eigenvalue weighted by molar-refractivity contribution is 0.102. The topological polar surface area (TPSA) is 110 Å². The second-order valence-corrected chi connectivity index (χ2v) is 7.31. The first-order chi connectivity index (χ1) is 15.7. The Labute approximate surface area is 186 Å². The standard InChI is InChI=1S/C23H25N5O4/c1-16-2-3-18(25-22(30)17-4-6-24-7-5-17)14-19(16)20-15-21(28-8-11-31-12-9-28)23(27-26-20)32-13-10-29/h2-7,14-15,29H,8-13H2,1H3,(H,25,30). The van der Waals surface area contributed by atoms with Crippen LogP contribution >= 0.6 is 0 Å². The van der Waals surface area contributed by atoms with E-state index in [-0.39, 0.29) is 19.1 Å². The van der Waals surface area contributed by atoms with Crippen LogP contribution in [-0.2, 0) is 4.74 Å². The summed E-state index contributed by atoms with van der Waals surface area (Å²) in [7, 11) is 0. The van der Waals surface area contributed by atoms with Gasteiger partial charge in [-0.1, -0.05) is 6.07 Å². The second kappa shape index (κ2) is 10.2. The van der Waals surface area contributed by atoms with Gasteiger partial charge in [-0.3, -0.25) is 9.78 Å². The van der Waals surface area contributed by atoms with Crippen LogP contribution in [-0.4, -0.2) is 65.7 Å². The van der Waals surface area contributed by atoms with Crippen LogP contribution in [0.25, 0.3) is 11.3 Å². The Kier molecular flexibility index (Phi) is 6.88. The molecule has 1 aliphatic rings. The van der Waals surface area contributed by atoms with Gasteiger partial charge < -0.3 is 24.8 Å². The van der Waals surface area contributed by atoms with Gasteiger partial charge in [-0.05, 0) is 42.8 Å². The van der Waals surface area contributed by atoms with Gasteiger partial charge in [-0.15, -0.1) is 10.2 Å². The van der Waals surface area contributed by atoms with Gasteiger partial charge in [-0.2, -0.15) is 0 Å². The van der Waals surface area contributed by atoms with E-state index < -0.39 is 0 Å². The molecule has 3 heterocycles. The number of aliphatic hydroxyl groups is 1. The van der Waals surface area contributed by atoms with Gasteiger partial charge in [0, 0.05) is 42.3 Å². The number of aliphatic hydroxyl groups excluding tert-OH is 1. The molecule has 0 aliphatic carbocycles. The zero-order valence-corrected chi connectivity index (χ0v) is 17.8. The summed E-state index contributed by atoms with van der Waals surface area (Å²) in [6, 6.07) is 10.9. The molecule has 0 spiro atoms. The summed E-state index contributed by atoms with van der Waals surface area (Å²) in [6.45, 7) is 4.67. The molecule has 1 aromatic carbocycles. The van der Waals surface area contributed by atoms with Gasteiger partial charge in [-0.25, -0.2) is 0 Å². The lowest BCUT2D eigenvalue weighted by Crippen LogP contribution is -2.36. The molecule has 0 atom stereocenters. The number of hydrogen-bond acceptors (Lipinski definition) is 8. The molecule has 1 fully saturated rings. The van der Waals surface area contributed by atoms with Crippen molar-refractivity contribution in [1.29, 1.82) is 0 Å². The zero-order valence-electron chi connectivity index (χ0n) is 17.8. The third kappa shape index (κ3) is 5.01. The van der Waals surface area contributed by atoms with Crippen LogP contribution in [0.15, 0.2) is 48.8 Å². The Morgan fingerprint density at radius 2 is 1.94 bits per heavy atom. The highest BCUT2D eigenvalue weighted by atomic mass is 16.5. The molecule has 1 amide bonds. The maximum Gasteiger partial charge on any atom is 0.257 e. The van der Waals surface area contributed by atoms with Crippen LogP contribution in [0.2, 0.25) is 0 Å². The number of ether oxygens (including phenoxy) is 2. The van der Waals surface area contributed by atoms with E-state index >= 15 is 0 Å². The Morgan fingerprint density at radius 1 is 1.16 bits per heavy atom. The van der Waals surface area contributed by atoms with E-state index in [0.29, 0.717) is 49.1 Å². The maximum absolute atomic E-state index is 12.5. The van der Waals surface area contributed by atoms with E-state index in [9.17, 15) is 4.79 Å². The SMILES string of the molecule is Cc1ccc(NC(=O)c2ccncc2)cc1-c1cc(N2CCOCC2)c(OCCO)nn1. The van der Waals surface area contributed by atoms with Crippen LogP contribution < -0.4 is 15.0 Å². The minimum absolute atomic E-state index is 0.107. The van der Waals surface area contributed by atoms with Crippen molar-refractivity contribution in [2.45, 2.75) is 6.92 Å². The van der Waals surface area contributed by atoms with E-state index in [2.05, 4.69) is 25.4 Å². The number of rotatable bonds is 7. The number of amides is 1. The van der Waals surface area contributed by atoms with Gasteiger partial charge in [0.1, 0.15) is 12.3 Å². The second-order valence-electron chi connectivity index (χ2n) is 7.31. The summed E-state index contributed by atoms with van der Waals surface area (Å²) >= 11 is 0. The van der Waals surface area contributed by atoms with Crippen LogP contribution in [0.5, 0.6) is 5.88 Å². The molecule has 3 aromatic rings.